The van der Waals surface area contributed by atoms with Crippen molar-refractivity contribution in [2.24, 2.45) is 11.8 Å². The third kappa shape index (κ3) is 2.57. The van der Waals surface area contributed by atoms with Crippen molar-refractivity contribution in [2.75, 3.05) is 6.54 Å². The first kappa shape index (κ1) is 15.3. The summed E-state index contributed by atoms with van der Waals surface area (Å²) in [6, 6.07) is -0.353. The van der Waals surface area contributed by atoms with Gasteiger partial charge < -0.3 is 10.2 Å². The first-order valence-electron chi connectivity index (χ1n) is 8.01. The van der Waals surface area contributed by atoms with Crippen LogP contribution in [0.4, 0.5) is 0 Å². The number of hydrogen-bond donors (Lipinski definition) is 1. The van der Waals surface area contributed by atoms with E-state index in [0.29, 0.717) is 12.5 Å². The van der Waals surface area contributed by atoms with Crippen molar-refractivity contribution >= 4 is 11.8 Å². The Kier molecular flexibility index (Phi) is 4.40. The van der Waals surface area contributed by atoms with Crippen LogP contribution in [0.5, 0.6) is 0 Å². The van der Waals surface area contributed by atoms with E-state index < -0.39 is 5.54 Å². The van der Waals surface area contributed by atoms with Crippen LogP contribution in [0.1, 0.15) is 59.8 Å². The number of nitrogens with zero attached hydrogens (tertiary/aromatic N) is 1. The van der Waals surface area contributed by atoms with Crippen LogP contribution in [0, 0.1) is 11.8 Å². The van der Waals surface area contributed by atoms with E-state index in [4.69, 9.17) is 0 Å². The van der Waals surface area contributed by atoms with Crippen LogP contribution in [0.2, 0.25) is 0 Å². The molecule has 2 fully saturated rings. The van der Waals surface area contributed by atoms with Gasteiger partial charge in [0.1, 0.15) is 11.6 Å². The number of rotatable bonds is 3. The number of piperazine rings is 1. The average molecular weight is 280 g/mol. The monoisotopic (exact) mass is 280 g/mol. The molecule has 4 nitrogen and oxygen atoms in total. The maximum absolute atomic E-state index is 12.8. The molecule has 1 N–H and O–H groups in total. The highest BCUT2D eigenvalue weighted by Gasteiger charge is 2.52. The summed E-state index contributed by atoms with van der Waals surface area (Å²) in [5.41, 5.74) is -0.564. The van der Waals surface area contributed by atoms with Gasteiger partial charge in [0, 0.05) is 6.54 Å². The minimum absolute atomic E-state index is 0.0798. The van der Waals surface area contributed by atoms with Gasteiger partial charge in [-0.3, -0.25) is 9.59 Å². The first-order valence-corrected chi connectivity index (χ1v) is 8.01. The van der Waals surface area contributed by atoms with E-state index in [0.717, 1.165) is 25.7 Å². The zero-order valence-corrected chi connectivity index (χ0v) is 13.2. The summed E-state index contributed by atoms with van der Waals surface area (Å²) in [6.07, 6.45) is 4.90. The molecule has 1 heterocycles. The molecule has 114 valence electrons. The summed E-state index contributed by atoms with van der Waals surface area (Å²) in [4.78, 5) is 27.5. The Morgan fingerprint density at radius 3 is 2.25 bits per heavy atom. The lowest BCUT2D eigenvalue weighted by molar-refractivity contribution is -0.162. The number of hydrogen-bond acceptors (Lipinski definition) is 2. The van der Waals surface area contributed by atoms with E-state index in [1.54, 1.807) is 0 Å². The third-order valence-electron chi connectivity index (χ3n) is 4.65. The van der Waals surface area contributed by atoms with E-state index in [1.807, 2.05) is 18.7 Å². The van der Waals surface area contributed by atoms with Crippen molar-refractivity contribution in [2.45, 2.75) is 71.4 Å². The molecule has 2 rings (SSSR count). The Morgan fingerprint density at radius 2 is 1.75 bits per heavy atom. The molecule has 1 atom stereocenters. The summed E-state index contributed by atoms with van der Waals surface area (Å²) >= 11 is 0. The van der Waals surface area contributed by atoms with Gasteiger partial charge in [0.2, 0.25) is 11.8 Å². The van der Waals surface area contributed by atoms with Crippen molar-refractivity contribution in [3.05, 3.63) is 0 Å². The fourth-order valence-corrected chi connectivity index (χ4v) is 3.55. The van der Waals surface area contributed by atoms with Gasteiger partial charge in [-0.15, -0.1) is 0 Å². The molecule has 20 heavy (non-hydrogen) atoms. The van der Waals surface area contributed by atoms with Crippen LogP contribution in [-0.2, 0) is 9.59 Å². The van der Waals surface area contributed by atoms with Gasteiger partial charge in [-0.2, -0.15) is 0 Å². The maximum Gasteiger partial charge on any atom is 0.246 e. The summed E-state index contributed by atoms with van der Waals surface area (Å²) in [7, 11) is 0. The van der Waals surface area contributed by atoms with Gasteiger partial charge >= 0.3 is 0 Å². The van der Waals surface area contributed by atoms with Gasteiger partial charge in [0.05, 0.1) is 0 Å². The van der Waals surface area contributed by atoms with Crippen molar-refractivity contribution in [1.29, 1.82) is 0 Å². The van der Waals surface area contributed by atoms with Gasteiger partial charge in [-0.05, 0) is 24.7 Å². The first-order chi connectivity index (χ1) is 9.38. The highest BCUT2D eigenvalue weighted by atomic mass is 16.2. The fraction of sp³-hybridized carbons (Fsp3) is 0.875. The lowest BCUT2D eigenvalue weighted by Gasteiger charge is -2.51. The third-order valence-corrected chi connectivity index (χ3v) is 4.65. The zero-order valence-electron chi connectivity index (χ0n) is 13.2. The largest absolute Gasteiger partial charge is 0.342 e. The normalized spacial score (nSPS) is 26.5. The highest BCUT2D eigenvalue weighted by molar-refractivity contribution is 6.00. The predicted molar refractivity (Wildman–Crippen MR) is 79.1 cm³/mol. The minimum atomic E-state index is -0.564. The van der Waals surface area contributed by atoms with Crippen LogP contribution >= 0.6 is 0 Å². The molecule has 0 aromatic carbocycles. The molecule has 4 heteroatoms. The number of nitrogens with one attached hydrogen (secondary N) is 1. The van der Waals surface area contributed by atoms with E-state index in [-0.39, 0.29) is 23.8 Å². The SMILES string of the molecule is CC(C)CN1C(=O)C(C(C)C)NC(=O)C12CCCCC2. The standard InChI is InChI=1S/C16H28N2O2/c1-11(2)10-18-14(19)13(12(3)4)17-15(20)16(18)8-6-5-7-9-16/h11-13H,5-10H2,1-4H3,(H,17,20). The topological polar surface area (TPSA) is 49.4 Å². The molecule has 1 aliphatic carbocycles. The summed E-state index contributed by atoms with van der Waals surface area (Å²) in [5.74, 6) is 0.727. The number of amides is 2. The van der Waals surface area contributed by atoms with E-state index in [1.165, 1.54) is 6.42 Å². The molecule has 2 amide bonds. The smallest absolute Gasteiger partial charge is 0.246 e. The van der Waals surface area contributed by atoms with E-state index >= 15 is 0 Å². The average Bonchev–Trinajstić information content (AvgIpc) is 2.40. The van der Waals surface area contributed by atoms with E-state index in [2.05, 4.69) is 19.2 Å². The fourth-order valence-electron chi connectivity index (χ4n) is 3.55. The summed E-state index contributed by atoms with van der Waals surface area (Å²) in [6.45, 7) is 8.90. The van der Waals surface area contributed by atoms with Crippen LogP contribution in [-0.4, -0.2) is 34.8 Å². The Hall–Kier alpha value is -1.06. The molecule has 2 aliphatic rings. The molecule has 1 unspecified atom stereocenters. The van der Waals surface area contributed by atoms with Gasteiger partial charge in [-0.1, -0.05) is 47.0 Å². The predicted octanol–water partition coefficient (Wildman–Crippen LogP) is 2.33. The molecule has 1 saturated carbocycles. The van der Waals surface area contributed by atoms with Crippen molar-refractivity contribution < 1.29 is 9.59 Å². The van der Waals surface area contributed by atoms with Gasteiger partial charge in [0.25, 0.3) is 0 Å². The molecule has 1 saturated heterocycles. The van der Waals surface area contributed by atoms with Gasteiger partial charge in [0.15, 0.2) is 0 Å². The quantitative estimate of drug-likeness (QED) is 0.862. The Labute approximate surface area is 122 Å². The van der Waals surface area contributed by atoms with E-state index in [9.17, 15) is 9.59 Å². The van der Waals surface area contributed by atoms with Gasteiger partial charge in [-0.25, -0.2) is 0 Å². The highest BCUT2D eigenvalue weighted by Crippen LogP contribution is 2.37. The second-order valence-corrected chi connectivity index (χ2v) is 7.13. The summed E-state index contributed by atoms with van der Waals surface area (Å²) in [5, 5.41) is 3.00. The van der Waals surface area contributed by atoms with Crippen molar-refractivity contribution in [1.82, 2.24) is 10.2 Å². The molecule has 0 aromatic heterocycles. The second kappa shape index (κ2) is 5.74. The van der Waals surface area contributed by atoms with Crippen molar-refractivity contribution in [3.8, 4) is 0 Å². The minimum Gasteiger partial charge on any atom is -0.342 e. The molecule has 0 bridgehead atoms. The second-order valence-electron chi connectivity index (χ2n) is 7.13. The summed E-state index contributed by atoms with van der Waals surface area (Å²) < 4.78 is 0. The van der Waals surface area contributed by atoms with Crippen LogP contribution in [0.3, 0.4) is 0 Å². The Balaban J connectivity index is 2.33. The maximum atomic E-state index is 12.8. The zero-order chi connectivity index (χ0) is 14.9. The molecular weight excluding hydrogens is 252 g/mol. The number of carbonyl (C=O) groups excluding carboxylic acids is 2. The molecule has 1 spiro atoms. The lowest BCUT2D eigenvalue weighted by Crippen LogP contribution is -2.72. The Morgan fingerprint density at radius 1 is 1.15 bits per heavy atom. The van der Waals surface area contributed by atoms with Crippen LogP contribution in [0.15, 0.2) is 0 Å². The number of carbonyl (C=O) groups is 2. The van der Waals surface area contributed by atoms with Crippen LogP contribution < -0.4 is 5.32 Å². The molecular formula is C16H28N2O2. The molecule has 1 aliphatic heterocycles. The van der Waals surface area contributed by atoms with Crippen LogP contribution in [0.25, 0.3) is 0 Å². The van der Waals surface area contributed by atoms with Crippen molar-refractivity contribution in [3.63, 3.8) is 0 Å². The molecule has 0 aromatic rings. The molecule has 0 radical (unpaired) electrons. The Bertz CT molecular complexity index is 384. The lowest BCUT2D eigenvalue weighted by atomic mass is 9.76.